The Morgan fingerprint density at radius 2 is 0.914 bits per heavy atom. The smallest absolute Gasteiger partial charge is 0.0714 e. The van der Waals surface area contributed by atoms with Crippen molar-refractivity contribution in [1.82, 2.24) is 0 Å². The van der Waals surface area contributed by atoms with Gasteiger partial charge in [0.05, 0.1) is 21.5 Å². The summed E-state index contributed by atoms with van der Waals surface area (Å²) in [5, 5.41) is 5.22. The third kappa shape index (κ3) is 4.87. The Morgan fingerprint density at radius 1 is 0.362 bits per heavy atom. The molecule has 0 saturated carbocycles. The van der Waals surface area contributed by atoms with Crippen molar-refractivity contribution >= 4 is 80.1 Å². The molecule has 1 aliphatic carbocycles. The monoisotopic (exact) mass is 773 g/mol. The lowest BCUT2D eigenvalue weighted by atomic mass is 9.68. The minimum Gasteiger partial charge on any atom is -0.308 e. The number of hydrogen-bond acceptors (Lipinski definition) is 3. The van der Waals surface area contributed by atoms with Gasteiger partial charge in [-0.05, 0) is 87.5 Å². The molecule has 2 aromatic heterocycles. The van der Waals surface area contributed by atoms with Gasteiger partial charge in [-0.1, -0.05) is 164 Å². The molecule has 11 aromatic rings. The third-order valence-corrected chi connectivity index (χ3v) is 14.5. The lowest BCUT2D eigenvalue weighted by molar-refractivity contribution is 0.768. The highest BCUT2D eigenvalue weighted by Crippen LogP contribution is 2.60. The SMILES string of the molecule is c1ccc(C2(c3ccccc3)c3ccccc3-c3c(N(c4ccc(-c5ccc6sc7ccccc7c6c5)cc4)c4cccc5c4sc4ccccc45)cccc32)cc1. The van der Waals surface area contributed by atoms with Crippen LogP contribution in [0.4, 0.5) is 17.1 Å². The van der Waals surface area contributed by atoms with Gasteiger partial charge in [-0.15, -0.1) is 22.7 Å². The van der Waals surface area contributed by atoms with Crippen LogP contribution >= 0.6 is 22.7 Å². The van der Waals surface area contributed by atoms with Crippen LogP contribution in [0.15, 0.2) is 212 Å². The second kappa shape index (κ2) is 13.1. The molecular formula is C55H35NS2. The number of thiophene rings is 2. The summed E-state index contributed by atoms with van der Waals surface area (Å²) in [4.78, 5) is 2.53. The Bertz CT molecular complexity index is 3300. The van der Waals surface area contributed by atoms with Crippen molar-refractivity contribution in [2.24, 2.45) is 0 Å². The number of rotatable bonds is 6. The van der Waals surface area contributed by atoms with Gasteiger partial charge in [0.15, 0.2) is 0 Å². The van der Waals surface area contributed by atoms with E-state index in [-0.39, 0.29) is 0 Å². The molecule has 0 saturated heterocycles. The normalized spacial score (nSPS) is 13.0. The van der Waals surface area contributed by atoms with E-state index in [0.717, 1.165) is 5.69 Å². The Balaban J connectivity index is 1.11. The van der Waals surface area contributed by atoms with Crippen LogP contribution in [-0.2, 0) is 5.41 Å². The number of benzene rings is 9. The van der Waals surface area contributed by atoms with Gasteiger partial charge in [0.1, 0.15) is 0 Å². The van der Waals surface area contributed by atoms with Crippen LogP contribution < -0.4 is 4.90 Å². The third-order valence-electron chi connectivity index (χ3n) is 12.2. The molecule has 0 radical (unpaired) electrons. The molecule has 0 spiro atoms. The maximum Gasteiger partial charge on any atom is 0.0714 e. The number of anilines is 3. The molecule has 12 rings (SSSR count). The summed E-state index contributed by atoms with van der Waals surface area (Å²) >= 11 is 3.75. The van der Waals surface area contributed by atoms with Crippen molar-refractivity contribution < 1.29 is 0 Å². The predicted octanol–water partition coefficient (Wildman–Crippen LogP) is 15.9. The number of nitrogens with zero attached hydrogens (tertiary/aromatic N) is 1. The van der Waals surface area contributed by atoms with E-state index in [1.54, 1.807) is 0 Å². The highest BCUT2D eigenvalue weighted by molar-refractivity contribution is 7.26. The standard InChI is InChI=1S/C55H35NS2/c1-3-15-38(16-4-1)55(39-17-5-2-6-18-39)46-23-10-7-21-44(46)53-47(55)24-14-25-48(53)56(49-26-13-22-43-41-19-8-12-28-51(41)58-54(43)49)40-32-29-36(30-33-40)37-31-34-52-45(35-37)42-20-9-11-27-50(42)57-52/h1-35H. The zero-order valence-electron chi connectivity index (χ0n) is 31.5. The maximum atomic E-state index is 2.53. The molecule has 0 amide bonds. The molecule has 9 aromatic carbocycles. The zero-order valence-corrected chi connectivity index (χ0v) is 33.1. The molecule has 0 fully saturated rings. The highest BCUT2D eigenvalue weighted by Gasteiger charge is 2.47. The van der Waals surface area contributed by atoms with E-state index in [1.807, 2.05) is 22.7 Å². The molecule has 2 heterocycles. The first-order valence-corrected chi connectivity index (χ1v) is 21.5. The average Bonchev–Trinajstić information content (AvgIpc) is 3.96. The summed E-state index contributed by atoms with van der Waals surface area (Å²) in [7, 11) is 0. The summed E-state index contributed by atoms with van der Waals surface area (Å²) < 4.78 is 5.23. The van der Waals surface area contributed by atoms with Crippen molar-refractivity contribution in [3.63, 3.8) is 0 Å². The fraction of sp³-hybridized carbons (Fsp3) is 0.0182. The van der Waals surface area contributed by atoms with E-state index < -0.39 is 5.41 Å². The van der Waals surface area contributed by atoms with E-state index in [9.17, 15) is 0 Å². The van der Waals surface area contributed by atoms with E-state index >= 15 is 0 Å². The van der Waals surface area contributed by atoms with Gasteiger partial charge in [0.2, 0.25) is 0 Å². The molecule has 0 unspecified atom stereocenters. The molecule has 0 atom stereocenters. The van der Waals surface area contributed by atoms with Crippen LogP contribution in [-0.4, -0.2) is 0 Å². The van der Waals surface area contributed by atoms with E-state index in [0.29, 0.717) is 0 Å². The van der Waals surface area contributed by atoms with Crippen LogP contribution in [0.25, 0.3) is 62.6 Å². The van der Waals surface area contributed by atoms with Gasteiger partial charge in [-0.25, -0.2) is 0 Å². The molecular weight excluding hydrogens is 739 g/mol. The quantitative estimate of drug-likeness (QED) is 0.163. The van der Waals surface area contributed by atoms with Crippen molar-refractivity contribution in [2.75, 3.05) is 4.90 Å². The van der Waals surface area contributed by atoms with Crippen LogP contribution in [0.5, 0.6) is 0 Å². The maximum absolute atomic E-state index is 2.53. The van der Waals surface area contributed by atoms with E-state index in [2.05, 4.69) is 217 Å². The Hall–Kier alpha value is -6.78. The van der Waals surface area contributed by atoms with Gasteiger partial charge in [-0.3, -0.25) is 0 Å². The second-order valence-electron chi connectivity index (χ2n) is 15.2. The molecule has 1 aliphatic rings. The molecule has 0 bridgehead atoms. The average molecular weight is 774 g/mol. The first kappa shape index (κ1) is 33.4. The van der Waals surface area contributed by atoms with Crippen molar-refractivity contribution in [3.8, 4) is 22.3 Å². The molecule has 0 N–H and O–H groups in total. The summed E-state index contributed by atoms with van der Waals surface area (Å²) in [5.74, 6) is 0. The Kier molecular flexibility index (Phi) is 7.56. The topological polar surface area (TPSA) is 3.24 Å². The molecule has 0 aliphatic heterocycles. The van der Waals surface area contributed by atoms with Crippen LogP contribution in [0.3, 0.4) is 0 Å². The number of hydrogen-bond donors (Lipinski definition) is 0. The van der Waals surface area contributed by atoms with Gasteiger partial charge in [0.25, 0.3) is 0 Å². The van der Waals surface area contributed by atoms with Gasteiger partial charge >= 0.3 is 0 Å². The van der Waals surface area contributed by atoms with Crippen LogP contribution in [0, 0.1) is 0 Å². The largest absolute Gasteiger partial charge is 0.308 e. The molecule has 1 nitrogen and oxygen atoms in total. The summed E-state index contributed by atoms with van der Waals surface area (Å²) in [5.41, 5.74) is 13.1. The minimum atomic E-state index is -0.492. The minimum absolute atomic E-state index is 0.492. The van der Waals surface area contributed by atoms with Crippen LogP contribution in [0.2, 0.25) is 0 Å². The molecule has 58 heavy (non-hydrogen) atoms. The first-order valence-electron chi connectivity index (χ1n) is 19.8. The van der Waals surface area contributed by atoms with Gasteiger partial charge in [0, 0.05) is 46.9 Å². The second-order valence-corrected chi connectivity index (χ2v) is 17.3. The first-order chi connectivity index (χ1) is 28.8. The Labute approximate surface area is 345 Å². The summed E-state index contributed by atoms with van der Waals surface area (Å²) in [6, 6.07) is 78.8. The number of fused-ring (bicyclic) bond motifs is 9. The fourth-order valence-electron chi connectivity index (χ4n) is 9.69. The summed E-state index contributed by atoms with van der Waals surface area (Å²) in [6.07, 6.45) is 0. The van der Waals surface area contributed by atoms with Gasteiger partial charge in [-0.2, -0.15) is 0 Å². The van der Waals surface area contributed by atoms with Crippen molar-refractivity contribution in [3.05, 3.63) is 235 Å². The lowest BCUT2D eigenvalue weighted by Gasteiger charge is -2.34. The Morgan fingerprint density at radius 3 is 1.67 bits per heavy atom. The lowest BCUT2D eigenvalue weighted by Crippen LogP contribution is -2.28. The molecule has 3 heteroatoms. The van der Waals surface area contributed by atoms with Crippen molar-refractivity contribution in [1.29, 1.82) is 0 Å². The highest BCUT2D eigenvalue weighted by atomic mass is 32.1. The van der Waals surface area contributed by atoms with E-state index in [1.165, 1.54) is 96.2 Å². The zero-order chi connectivity index (χ0) is 38.2. The fourth-order valence-corrected chi connectivity index (χ4v) is 12.0. The molecule has 272 valence electrons. The van der Waals surface area contributed by atoms with Crippen molar-refractivity contribution in [2.45, 2.75) is 5.41 Å². The van der Waals surface area contributed by atoms with E-state index in [4.69, 9.17) is 0 Å². The van der Waals surface area contributed by atoms with Gasteiger partial charge < -0.3 is 4.90 Å². The summed E-state index contributed by atoms with van der Waals surface area (Å²) in [6.45, 7) is 0. The van der Waals surface area contributed by atoms with Crippen LogP contribution in [0.1, 0.15) is 22.3 Å². The predicted molar refractivity (Wildman–Crippen MR) is 250 cm³/mol.